The van der Waals surface area contributed by atoms with Gasteiger partial charge in [-0.1, -0.05) is 0 Å². The predicted molar refractivity (Wildman–Crippen MR) is 42.8 cm³/mol. The Kier molecular flexibility index (Phi) is 6.24. The first-order valence-electron chi connectivity index (χ1n) is 3.28. The van der Waals surface area contributed by atoms with E-state index in [9.17, 15) is 0 Å². The monoisotopic (exact) mass is 166 g/mol. The van der Waals surface area contributed by atoms with E-state index >= 15 is 0 Å². The van der Waals surface area contributed by atoms with Crippen molar-refractivity contribution in [2.24, 2.45) is 0 Å². The van der Waals surface area contributed by atoms with Gasteiger partial charge in [0.2, 0.25) is 0 Å². The maximum absolute atomic E-state index is 8.77. The maximum atomic E-state index is 8.77. The highest BCUT2D eigenvalue weighted by atomic mass is 31.0. The van der Waals surface area contributed by atoms with Crippen molar-refractivity contribution in [3.8, 4) is 0 Å². The summed E-state index contributed by atoms with van der Waals surface area (Å²) in [5.41, 5.74) is 0. The SMILES string of the molecule is CC(O)COCC(C)OP. The lowest BCUT2D eigenvalue weighted by Crippen LogP contribution is -2.17. The molecule has 0 heterocycles. The number of ether oxygens (including phenoxy) is 1. The standard InChI is InChI=1S/C6H15O3P/c1-5(7)3-8-4-6(2)9-10/h5-7H,3-4,10H2,1-2H3. The normalized spacial score (nSPS) is 16.8. The van der Waals surface area contributed by atoms with E-state index in [-0.39, 0.29) is 6.10 Å². The molecule has 0 aliphatic rings. The van der Waals surface area contributed by atoms with Gasteiger partial charge >= 0.3 is 0 Å². The van der Waals surface area contributed by atoms with Gasteiger partial charge in [-0.2, -0.15) is 0 Å². The van der Waals surface area contributed by atoms with Crippen molar-refractivity contribution < 1.29 is 14.4 Å². The van der Waals surface area contributed by atoms with E-state index in [1.165, 1.54) is 0 Å². The summed E-state index contributed by atoms with van der Waals surface area (Å²) in [6, 6.07) is 0. The average molecular weight is 166 g/mol. The van der Waals surface area contributed by atoms with Crippen LogP contribution in [0.25, 0.3) is 0 Å². The highest BCUT2D eigenvalue weighted by Gasteiger charge is 2.00. The van der Waals surface area contributed by atoms with Gasteiger partial charge in [0.05, 0.1) is 25.4 Å². The van der Waals surface area contributed by atoms with Crippen LogP contribution >= 0.6 is 9.47 Å². The lowest BCUT2D eigenvalue weighted by Gasteiger charge is -2.10. The number of hydrogen-bond acceptors (Lipinski definition) is 3. The Morgan fingerprint density at radius 2 is 2.00 bits per heavy atom. The van der Waals surface area contributed by atoms with Gasteiger partial charge in [-0.05, 0) is 13.8 Å². The van der Waals surface area contributed by atoms with E-state index < -0.39 is 6.10 Å². The van der Waals surface area contributed by atoms with Gasteiger partial charge in [0.25, 0.3) is 0 Å². The van der Waals surface area contributed by atoms with Crippen LogP contribution in [0.2, 0.25) is 0 Å². The summed E-state index contributed by atoms with van der Waals surface area (Å²) in [4.78, 5) is 0. The molecule has 0 radical (unpaired) electrons. The largest absolute Gasteiger partial charge is 0.391 e. The van der Waals surface area contributed by atoms with E-state index in [2.05, 4.69) is 9.47 Å². The zero-order valence-corrected chi connectivity index (χ0v) is 7.56. The minimum Gasteiger partial charge on any atom is -0.391 e. The van der Waals surface area contributed by atoms with Gasteiger partial charge in [0.1, 0.15) is 0 Å². The highest BCUT2D eigenvalue weighted by molar-refractivity contribution is 7.09. The summed E-state index contributed by atoms with van der Waals surface area (Å²) in [5, 5.41) is 8.77. The molecule has 0 spiro atoms. The fourth-order valence-corrected chi connectivity index (χ4v) is 0.522. The van der Waals surface area contributed by atoms with Crippen molar-refractivity contribution in [3.63, 3.8) is 0 Å². The predicted octanol–water partition coefficient (Wildman–Crippen LogP) is 0.579. The number of aliphatic hydroxyl groups excluding tert-OH is 1. The first-order valence-corrected chi connectivity index (χ1v) is 3.75. The Balaban J connectivity index is 3.03. The Labute approximate surface area is 64.0 Å². The topological polar surface area (TPSA) is 38.7 Å². The molecule has 62 valence electrons. The summed E-state index contributed by atoms with van der Waals surface area (Å²) in [6.45, 7) is 4.48. The minimum absolute atomic E-state index is 0.0729. The summed E-state index contributed by atoms with van der Waals surface area (Å²) >= 11 is 0. The number of rotatable bonds is 5. The van der Waals surface area contributed by atoms with Crippen molar-refractivity contribution in [1.29, 1.82) is 0 Å². The van der Waals surface area contributed by atoms with Crippen LogP contribution in [0.1, 0.15) is 13.8 Å². The molecule has 0 aromatic rings. The van der Waals surface area contributed by atoms with Gasteiger partial charge in [-0.15, -0.1) is 0 Å². The van der Waals surface area contributed by atoms with E-state index in [4.69, 9.17) is 14.4 Å². The molecule has 0 amide bonds. The molecule has 3 atom stereocenters. The zero-order chi connectivity index (χ0) is 7.98. The molecule has 1 N–H and O–H groups in total. The molecule has 4 heteroatoms. The maximum Gasteiger partial charge on any atom is 0.0816 e. The van der Waals surface area contributed by atoms with E-state index in [1.807, 2.05) is 6.92 Å². The first kappa shape index (κ1) is 10.3. The molecular formula is C6H15O3P. The van der Waals surface area contributed by atoms with Crippen molar-refractivity contribution in [3.05, 3.63) is 0 Å². The van der Waals surface area contributed by atoms with Crippen LogP contribution in [0.3, 0.4) is 0 Å². The second kappa shape index (κ2) is 6.05. The summed E-state index contributed by atoms with van der Waals surface area (Å²) in [7, 11) is 2.17. The van der Waals surface area contributed by atoms with E-state index in [0.717, 1.165) is 0 Å². The van der Waals surface area contributed by atoms with Crippen LogP contribution < -0.4 is 0 Å². The molecule has 0 aliphatic heterocycles. The third-order valence-electron chi connectivity index (χ3n) is 0.944. The molecule has 0 saturated carbocycles. The lowest BCUT2D eigenvalue weighted by molar-refractivity contribution is 0.0153. The van der Waals surface area contributed by atoms with Crippen LogP contribution in [-0.2, 0) is 9.26 Å². The Bertz CT molecular complexity index is 77.4. The van der Waals surface area contributed by atoms with Gasteiger partial charge in [0, 0.05) is 9.47 Å². The molecule has 3 unspecified atom stereocenters. The quantitative estimate of drug-likeness (QED) is 0.607. The molecule has 0 saturated heterocycles. The fourth-order valence-electron chi connectivity index (χ4n) is 0.444. The zero-order valence-electron chi connectivity index (χ0n) is 6.41. The van der Waals surface area contributed by atoms with Crippen LogP contribution in [0.4, 0.5) is 0 Å². The van der Waals surface area contributed by atoms with Crippen LogP contribution in [-0.4, -0.2) is 30.5 Å². The molecule has 3 nitrogen and oxygen atoms in total. The van der Waals surface area contributed by atoms with Crippen LogP contribution in [0.5, 0.6) is 0 Å². The summed E-state index contributed by atoms with van der Waals surface area (Å²) in [5.74, 6) is 0. The van der Waals surface area contributed by atoms with Crippen molar-refractivity contribution in [2.45, 2.75) is 26.1 Å². The molecule has 0 fully saturated rings. The van der Waals surface area contributed by atoms with Gasteiger partial charge < -0.3 is 14.4 Å². The van der Waals surface area contributed by atoms with Crippen molar-refractivity contribution >= 4 is 9.47 Å². The minimum atomic E-state index is -0.392. The average Bonchev–Trinajstić information content (AvgIpc) is 1.87. The van der Waals surface area contributed by atoms with E-state index in [1.54, 1.807) is 6.92 Å². The smallest absolute Gasteiger partial charge is 0.0816 e. The third-order valence-corrected chi connectivity index (χ3v) is 1.41. The molecule has 0 aliphatic carbocycles. The summed E-state index contributed by atoms with van der Waals surface area (Å²) < 4.78 is 9.90. The molecule has 10 heavy (non-hydrogen) atoms. The molecule has 0 aromatic heterocycles. The molecular weight excluding hydrogens is 151 g/mol. The highest BCUT2D eigenvalue weighted by Crippen LogP contribution is 1.97. The second-order valence-corrected chi connectivity index (χ2v) is 2.61. The Hall–Kier alpha value is 0.310. The third kappa shape index (κ3) is 6.43. The van der Waals surface area contributed by atoms with Crippen LogP contribution in [0.15, 0.2) is 0 Å². The van der Waals surface area contributed by atoms with Gasteiger partial charge in [0.15, 0.2) is 0 Å². The second-order valence-electron chi connectivity index (χ2n) is 2.33. The number of hydrogen-bond donors (Lipinski definition) is 1. The molecule has 0 aromatic carbocycles. The van der Waals surface area contributed by atoms with Crippen molar-refractivity contribution in [1.82, 2.24) is 0 Å². The Morgan fingerprint density at radius 3 is 2.40 bits per heavy atom. The molecule has 0 rings (SSSR count). The van der Waals surface area contributed by atoms with E-state index in [0.29, 0.717) is 13.2 Å². The summed E-state index contributed by atoms with van der Waals surface area (Å²) in [6.07, 6.45) is -0.319. The van der Waals surface area contributed by atoms with Crippen LogP contribution in [0, 0.1) is 0 Å². The van der Waals surface area contributed by atoms with Gasteiger partial charge in [-0.3, -0.25) is 0 Å². The van der Waals surface area contributed by atoms with Gasteiger partial charge in [-0.25, -0.2) is 0 Å². The van der Waals surface area contributed by atoms with Crippen molar-refractivity contribution in [2.75, 3.05) is 13.2 Å². The molecule has 0 bridgehead atoms. The first-order chi connectivity index (χ1) is 4.66. The lowest BCUT2D eigenvalue weighted by atomic mass is 10.4. The Morgan fingerprint density at radius 1 is 1.40 bits per heavy atom. The number of aliphatic hydroxyl groups is 1. The fraction of sp³-hybridized carbons (Fsp3) is 1.00.